The second kappa shape index (κ2) is 7.17. The summed E-state index contributed by atoms with van der Waals surface area (Å²) >= 11 is 1.89. The van der Waals surface area contributed by atoms with Gasteiger partial charge in [-0.15, -0.1) is 0 Å². The lowest BCUT2D eigenvalue weighted by Gasteiger charge is -2.31. The van der Waals surface area contributed by atoms with Gasteiger partial charge in [0.05, 0.1) is 6.54 Å². The van der Waals surface area contributed by atoms with E-state index in [1.54, 1.807) is 0 Å². The van der Waals surface area contributed by atoms with Gasteiger partial charge in [0.1, 0.15) is 0 Å². The molecule has 0 aromatic carbocycles. The van der Waals surface area contributed by atoms with Gasteiger partial charge in [0, 0.05) is 17.3 Å². The number of hydrogen-bond donors (Lipinski definition) is 2. The van der Waals surface area contributed by atoms with Gasteiger partial charge in [-0.05, 0) is 19.1 Å². The highest BCUT2D eigenvalue weighted by atomic mass is 32.2. The van der Waals surface area contributed by atoms with E-state index in [4.69, 9.17) is 0 Å². The molecule has 0 saturated heterocycles. The van der Waals surface area contributed by atoms with Gasteiger partial charge in [-0.1, -0.05) is 26.7 Å². The van der Waals surface area contributed by atoms with Crippen LogP contribution in [0.1, 0.15) is 39.5 Å². The lowest BCUT2D eigenvalue weighted by atomic mass is 9.95. The van der Waals surface area contributed by atoms with E-state index in [-0.39, 0.29) is 5.91 Å². The minimum Gasteiger partial charge on any atom is -0.351 e. The summed E-state index contributed by atoms with van der Waals surface area (Å²) in [5.41, 5.74) is 0. The molecule has 0 aliphatic heterocycles. The van der Waals surface area contributed by atoms with Crippen LogP contribution in [0, 0.1) is 0 Å². The molecule has 0 radical (unpaired) electrons. The number of hydrogen-bond acceptors (Lipinski definition) is 3. The molecule has 1 saturated carbocycles. The molecule has 1 aliphatic rings. The van der Waals surface area contributed by atoms with E-state index in [0.717, 1.165) is 6.42 Å². The van der Waals surface area contributed by atoms with Crippen LogP contribution in [0.25, 0.3) is 0 Å². The fourth-order valence-corrected chi connectivity index (χ4v) is 3.03. The molecule has 2 N–H and O–H groups in total. The first-order valence-electron chi connectivity index (χ1n) is 6.19. The van der Waals surface area contributed by atoms with Crippen LogP contribution in [0.5, 0.6) is 0 Å². The van der Waals surface area contributed by atoms with Crippen molar-refractivity contribution >= 4 is 17.7 Å². The summed E-state index contributed by atoms with van der Waals surface area (Å²) < 4.78 is 0. The molecule has 94 valence electrons. The lowest BCUT2D eigenvalue weighted by molar-refractivity contribution is -0.121. The Morgan fingerprint density at radius 1 is 1.38 bits per heavy atom. The molecule has 0 spiro atoms. The Bertz CT molecular complexity index is 221. The van der Waals surface area contributed by atoms with Crippen LogP contribution in [0.2, 0.25) is 0 Å². The SMILES string of the molecule is CSC1CCCCC1NC(=O)CNC(C)C. The van der Waals surface area contributed by atoms with Gasteiger partial charge >= 0.3 is 0 Å². The second-order valence-corrected chi connectivity index (χ2v) is 5.85. The molecule has 1 amide bonds. The molecule has 1 aliphatic carbocycles. The smallest absolute Gasteiger partial charge is 0.234 e. The van der Waals surface area contributed by atoms with Gasteiger partial charge in [0.25, 0.3) is 0 Å². The van der Waals surface area contributed by atoms with Crippen LogP contribution in [-0.2, 0) is 4.79 Å². The minimum atomic E-state index is 0.139. The number of carbonyl (C=O) groups is 1. The third-order valence-electron chi connectivity index (χ3n) is 3.02. The maximum Gasteiger partial charge on any atom is 0.234 e. The number of rotatable bonds is 5. The van der Waals surface area contributed by atoms with Crippen LogP contribution in [0.3, 0.4) is 0 Å². The Morgan fingerprint density at radius 2 is 2.06 bits per heavy atom. The zero-order valence-corrected chi connectivity index (χ0v) is 11.4. The quantitative estimate of drug-likeness (QED) is 0.774. The van der Waals surface area contributed by atoms with E-state index < -0.39 is 0 Å². The Hall–Kier alpha value is -0.220. The highest BCUT2D eigenvalue weighted by Gasteiger charge is 2.25. The van der Waals surface area contributed by atoms with E-state index in [0.29, 0.717) is 23.9 Å². The topological polar surface area (TPSA) is 41.1 Å². The number of thioether (sulfide) groups is 1. The van der Waals surface area contributed by atoms with Crippen molar-refractivity contribution in [3.63, 3.8) is 0 Å². The predicted octanol–water partition coefficient (Wildman–Crippen LogP) is 1.77. The molecule has 2 unspecified atom stereocenters. The van der Waals surface area contributed by atoms with Crippen molar-refractivity contribution in [2.45, 2.75) is 56.9 Å². The van der Waals surface area contributed by atoms with Crippen LogP contribution >= 0.6 is 11.8 Å². The normalized spacial score (nSPS) is 25.8. The Balaban J connectivity index is 2.30. The third kappa shape index (κ3) is 4.74. The summed E-state index contributed by atoms with van der Waals surface area (Å²) in [6.07, 6.45) is 7.08. The zero-order valence-electron chi connectivity index (χ0n) is 10.6. The van der Waals surface area contributed by atoms with E-state index in [1.165, 1.54) is 19.3 Å². The van der Waals surface area contributed by atoms with Crippen molar-refractivity contribution in [1.82, 2.24) is 10.6 Å². The first-order valence-corrected chi connectivity index (χ1v) is 7.47. The maximum atomic E-state index is 11.7. The molecule has 0 aromatic heterocycles. The fourth-order valence-electron chi connectivity index (χ4n) is 2.10. The molecule has 2 atom stereocenters. The Labute approximate surface area is 103 Å². The van der Waals surface area contributed by atoms with Crippen molar-refractivity contribution in [2.75, 3.05) is 12.8 Å². The summed E-state index contributed by atoms with van der Waals surface area (Å²) in [5.74, 6) is 0.139. The second-order valence-electron chi connectivity index (χ2n) is 4.77. The summed E-state index contributed by atoms with van der Waals surface area (Å²) in [6, 6.07) is 0.749. The van der Waals surface area contributed by atoms with Gasteiger partial charge in [0.2, 0.25) is 5.91 Å². The number of nitrogens with one attached hydrogen (secondary N) is 2. The fraction of sp³-hybridized carbons (Fsp3) is 0.917. The summed E-state index contributed by atoms with van der Waals surface area (Å²) in [4.78, 5) is 11.7. The minimum absolute atomic E-state index is 0.139. The largest absolute Gasteiger partial charge is 0.351 e. The van der Waals surface area contributed by atoms with Crippen LogP contribution in [0.15, 0.2) is 0 Å². The van der Waals surface area contributed by atoms with E-state index in [2.05, 4.69) is 30.7 Å². The van der Waals surface area contributed by atoms with Crippen molar-refractivity contribution in [1.29, 1.82) is 0 Å². The van der Waals surface area contributed by atoms with Crippen molar-refractivity contribution in [3.05, 3.63) is 0 Å². The highest BCUT2D eigenvalue weighted by Crippen LogP contribution is 2.26. The Morgan fingerprint density at radius 3 is 2.69 bits per heavy atom. The van der Waals surface area contributed by atoms with Crippen LogP contribution < -0.4 is 10.6 Å². The van der Waals surface area contributed by atoms with Gasteiger partial charge in [0.15, 0.2) is 0 Å². The van der Waals surface area contributed by atoms with Crippen LogP contribution in [0.4, 0.5) is 0 Å². The maximum absolute atomic E-state index is 11.7. The van der Waals surface area contributed by atoms with Gasteiger partial charge in [-0.2, -0.15) is 11.8 Å². The molecular formula is C12H24N2OS. The van der Waals surface area contributed by atoms with Crippen molar-refractivity contribution < 1.29 is 4.79 Å². The molecule has 0 heterocycles. The highest BCUT2D eigenvalue weighted by molar-refractivity contribution is 7.99. The summed E-state index contributed by atoms with van der Waals surface area (Å²) in [6.45, 7) is 4.55. The molecule has 0 bridgehead atoms. The average Bonchev–Trinajstić information content (AvgIpc) is 2.27. The Kier molecular flexibility index (Phi) is 6.21. The summed E-state index contributed by atoms with van der Waals surface area (Å²) in [7, 11) is 0. The van der Waals surface area contributed by atoms with E-state index in [1.807, 2.05) is 11.8 Å². The van der Waals surface area contributed by atoms with Crippen LogP contribution in [-0.4, -0.2) is 36.0 Å². The molecule has 3 nitrogen and oxygen atoms in total. The summed E-state index contributed by atoms with van der Waals surface area (Å²) in [5, 5.41) is 6.91. The molecule has 1 fully saturated rings. The predicted molar refractivity (Wildman–Crippen MR) is 70.8 cm³/mol. The van der Waals surface area contributed by atoms with Gasteiger partial charge in [-0.25, -0.2) is 0 Å². The number of carbonyl (C=O) groups excluding carboxylic acids is 1. The van der Waals surface area contributed by atoms with E-state index in [9.17, 15) is 4.79 Å². The zero-order chi connectivity index (χ0) is 12.0. The monoisotopic (exact) mass is 244 g/mol. The first-order chi connectivity index (χ1) is 7.63. The molecule has 1 rings (SSSR count). The molecule has 16 heavy (non-hydrogen) atoms. The number of amides is 1. The van der Waals surface area contributed by atoms with Gasteiger partial charge in [-0.3, -0.25) is 4.79 Å². The lowest BCUT2D eigenvalue weighted by Crippen LogP contribution is -2.47. The standard InChI is InChI=1S/C12H24N2OS/c1-9(2)13-8-12(15)14-10-6-4-5-7-11(10)16-3/h9-11,13H,4-8H2,1-3H3,(H,14,15). The molecule has 0 aromatic rings. The third-order valence-corrected chi connectivity index (χ3v) is 4.19. The van der Waals surface area contributed by atoms with E-state index >= 15 is 0 Å². The average molecular weight is 244 g/mol. The van der Waals surface area contributed by atoms with Gasteiger partial charge < -0.3 is 10.6 Å². The first kappa shape index (κ1) is 13.8. The molecule has 4 heteroatoms. The van der Waals surface area contributed by atoms with Crippen molar-refractivity contribution in [3.8, 4) is 0 Å². The van der Waals surface area contributed by atoms with Crippen molar-refractivity contribution in [2.24, 2.45) is 0 Å². The molecular weight excluding hydrogens is 220 g/mol.